The van der Waals surface area contributed by atoms with Crippen molar-refractivity contribution in [2.24, 2.45) is 0 Å². The van der Waals surface area contributed by atoms with Crippen LogP contribution in [0.2, 0.25) is 0 Å². The van der Waals surface area contributed by atoms with Crippen LogP contribution in [0.5, 0.6) is 0 Å². The lowest BCUT2D eigenvalue weighted by molar-refractivity contribution is -0.117. The van der Waals surface area contributed by atoms with Crippen LogP contribution in [0.1, 0.15) is 46.5 Å². The first-order valence-corrected chi connectivity index (χ1v) is 7.21. The molecule has 20 heavy (non-hydrogen) atoms. The number of anilines is 1. The summed E-state index contributed by atoms with van der Waals surface area (Å²) in [4.78, 5) is 11.2. The van der Waals surface area contributed by atoms with Crippen molar-refractivity contribution in [3.05, 3.63) is 41.7 Å². The third-order valence-corrected chi connectivity index (χ3v) is 3.32. The molecule has 0 amide bonds. The molecule has 0 fully saturated rings. The van der Waals surface area contributed by atoms with Crippen molar-refractivity contribution in [3.63, 3.8) is 0 Å². The monoisotopic (exact) mass is 277 g/mol. The highest BCUT2D eigenvalue weighted by Crippen LogP contribution is 2.16. The third-order valence-electron chi connectivity index (χ3n) is 3.32. The molecule has 110 valence electrons. The fourth-order valence-corrected chi connectivity index (χ4v) is 1.89. The second kappa shape index (κ2) is 8.51. The highest BCUT2D eigenvalue weighted by atomic mass is 19.1. The summed E-state index contributed by atoms with van der Waals surface area (Å²) < 4.78 is 13.5. The normalized spacial score (nSPS) is 13.1. The summed E-state index contributed by atoms with van der Waals surface area (Å²) in [6, 6.07) is 6.89. The van der Waals surface area contributed by atoms with E-state index in [4.69, 9.17) is 0 Å². The van der Waals surface area contributed by atoms with Crippen LogP contribution >= 0.6 is 0 Å². The van der Waals surface area contributed by atoms with E-state index >= 15 is 0 Å². The minimum atomic E-state index is -0.222. The topological polar surface area (TPSA) is 29.1 Å². The zero-order valence-electron chi connectivity index (χ0n) is 12.6. The van der Waals surface area contributed by atoms with Gasteiger partial charge >= 0.3 is 0 Å². The fourth-order valence-electron chi connectivity index (χ4n) is 1.89. The first-order chi connectivity index (χ1) is 9.52. The molecule has 1 aromatic carbocycles. The summed E-state index contributed by atoms with van der Waals surface area (Å²) in [7, 11) is 0. The number of nitrogens with one attached hydrogen (secondary N) is 1. The van der Waals surface area contributed by atoms with E-state index in [9.17, 15) is 9.18 Å². The third kappa shape index (κ3) is 6.00. The molecule has 0 aliphatic carbocycles. The molecule has 1 unspecified atom stereocenters. The molecule has 0 heterocycles. The van der Waals surface area contributed by atoms with Crippen LogP contribution in [0.15, 0.2) is 35.9 Å². The van der Waals surface area contributed by atoms with E-state index < -0.39 is 0 Å². The number of allylic oxidation sites excluding steroid dienone is 2. The van der Waals surface area contributed by atoms with E-state index in [1.165, 1.54) is 11.6 Å². The molecule has 1 atom stereocenters. The number of hydrogen-bond donors (Lipinski definition) is 1. The SMILES string of the molecule is CCC(=O)C/C=C(\C)CCC(C)Nc1ccccc1F. The molecule has 0 spiro atoms. The summed E-state index contributed by atoms with van der Waals surface area (Å²) in [6.07, 6.45) is 4.95. The minimum Gasteiger partial charge on any atom is -0.380 e. The van der Waals surface area contributed by atoms with Gasteiger partial charge in [0, 0.05) is 18.9 Å². The fraction of sp³-hybridized carbons (Fsp3) is 0.471. The Morgan fingerprint density at radius 2 is 2.10 bits per heavy atom. The van der Waals surface area contributed by atoms with E-state index in [1.807, 2.05) is 32.9 Å². The molecule has 1 aromatic rings. The molecule has 2 nitrogen and oxygen atoms in total. The maximum absolute atomic E-state index is 13.5. The van der Waals surface area contributed by atoms with Gasteiger partial charge in [-0.2, -0.15) is 0 Å². The van der Waals surface area contributed by atoms with Crippen molar-refractivity contribution < 1.29 is 9.18 Å². The summed E-state index contributed by atoms with van der Waals surface area (Å²) in [6.45, 7) is 5.96. The molecule has 0 aromatic heterocycles. The Hall–Kier alpha value is -1.64. The van der Waals surface area contributed by atoms with Gasteiger partial charge < -0.3 is 5.32 Å². The average Bonchev–Trinajstić information content (AvgIpc) is 2.45. The minimum absolute atomic E-state index is 0.192. The number of hydrogen-bond acceptors (Lipinski definition) is 2. The lowest BCUT2D eigenvalue weighted by Crippen LogP contribution is -2.15. The number of carbonyl (C=O) groups excluding carboxylic acids is 1. The molecule has 0 radical (unpaired) electrons. The molecule has 3 heteroatoms. The van der Waals surface area contributed by atoms with Crippen LogP contribution in [0.3, 0.4) is 0 Å². The maximum atomic E-state index is 13.5. The number of benzene rings is 1. The smallest absolute Gasteiger partial charge is 0.146 e. The van der Waals surface area contributed by atoms with Crippen molar-refractivity contribution in [3.8, 4) is 0 Å². The van der Waals surface area contributed by atoms with E-state index in [0.717, 1.165) is 12.8 Å². The largest absolute Gasteiger partial charge is 0.380 e. The molecule has 0 saturated heterocycles. The van der Waals surface area contributed by atoms with Crippen molar-refractivity contribution in [2.45, 2.75) is 52.5 Å². The van der Waals surface area contributed by atoms with Gasteiger partial charge in [-0.15, -0.1) is 0 Å². The second-order valence-corrected chi connectivity index (χ2v) is 5.21. The number of rotatable bonds is 8. The predicted octanol–water partition coefficient (Wildman–Crippen LogP) is 4.72. The molecule has 1 rings (SSSR count). The molecule has 0 aliphatic rings. The van der Waals surface area contributed by atoms with Gasteiger partial charge in [-0.1, -0.05) is 30.7 Å². The van der Waals surface area contributed by atoms with Crippen molar-refractivity contribution in [2.75, 3.05) is 5.32 Å². The Bertz CT molecular complexity index is 468. The number of para-hydroxylation sites is 1. The Kier molecular flexibility index (Phi) is 6.99. The number of ketones is 1. The van der Waals surface area contributed by atoms with Crippen LogP contribution < -0.4 is 5.32 Å². The van der Waals surface area contributed by atoms with Gasteiger partial charge in [-0.3, -0.25) is 4.79 Å². The summed E-state index contributed by atoms with van der Waals surface area (Å²) in [5, 5.41) is 3.17. The highest BCUT2D eigenvalue weighted by molar-refractivity contribution is 5.79. The molecule has 0 bridgehead atoms. The summed E-state index contributed by atoms with van der Waals surface area (Å²) >= 11 is 0. The van der Waals surface area contributed by atoms with Gasteiger partial charge in [0.1, 0.15) is 11.6 Å². The van der Waals surface area contributed by atoms with E-state index in [-0.39, 0.29) is 17.6 Å². The summed E-state index contributed by atoms with van der Waals surface area (Å²) in [5.74, 6) is 0.0436. The Morgan fingerprint density at radius 1 is 1.40 bits per heavy atom. The quantitative estimate of drug-likeness (QED) is 0.696. The van der Waals surface area contributed by atoms with Gasteiger partial charge in [-0.25, -0.2) is 4.39 Å². The van der Waals surface area contributed by atoms with Crippen LogP contribution in [-0.4, -0.2) is 11.8 Å². The van der Waals surface area contributed by atoms with Gasteiger partial charge in [0.2, 0.25) is 0 Å². The van der Waals surface area contributed by atoms with Crippen LogP contribution in [0.4, 0.5) is 10.1 Å². The lowest BCUT2D eigenvalue weighted by Gasteiger charge is -2.15. The zero-order chi connectivity index (χ0) is 15.0. The number of Topliss-reactive ketones (excluding diaryl/α,β-unsaturated/α-hetero) is 1. The summed E-state index contributed by atoms with van der Waals surface area (Å²) in [5.41, 5.74) is 1.76. The van der Waals surface area contributed by atoms with Crippen molar-refractivity contribution >= 4 is 11.5 Å². The average molecular weight is 277 g/mol. The zero-order valence-corrected chi connectivity index (χ0v) is 12.6. The molecule has 1 N–H and O–H groups in total. The van der Waals surface area contributed by atoms with Gasteiger partial charge in [0.25, 0.3) is 0 Å². The first kappa shape index (κ1) is 16.4. The lowest BCUT2D eigenvalue weighted by atomic mass is 10.1. The Labute approximate surface area is 121 Å². The highest BCUT2D eigenvalue weighted by Gasteiger charge is 2.06. The van der Waals surface area contributed by atoms with E-state index in [1.54, 1.807) is 12.1 Å². The van der Waals surface area contributed by atoms with Gasteiger partial charge in [0.15, 0.2) is 0 Å². The number of carbonyl (C=O) groups is 1. The van der Waals surface area contributed by atoms with Crippen molar-refractivity contribution in [1.82, 2.24) is 0 Å². The van der Waals surface area contributed by atoms with Crippen molar-refractivity contribution in [1.29, 1.82) is 0 Å². The van der Waals surface area contributed by atoms with E-state index in [0.29, 0.717) is 18.5 Å². The Morgan fingerprint density at radius 3 is 2.75 bits per heavy atom. The molecule has 0 aliphatic heterocycles. The first-order valence-electron chi connectivity index (χ1n) is 7.21. The molecular formula is C17H24FNO. The van der Waals surface area contributed by atoms with Crippen LogP contribution in [-0.2, 0) is 4.79 Å². The van der Waals surface area contributed by atoms with Gasteiger partial charge in [0.05, 0.1) is 5.69 Å². The van der Waals surface area contributed by atoms with Crippen LogP contribution in [0.25, 0.3) is 0 Å². The van der Waals surface area contributed by atoms with Gasteiger partial charge in [-0.05, 0) is 38.8 Å². The molecular weight excluding hydrogens is 253 g/mol. The van der Waals surface area contributed by atoms with Crippen LogP contribution in [0, 0.1) is 5.82 Å². The Balaban J connectivity index is 2.38. The standard InChI is InChI=1S/C17H24FNO/c1-4-15(20)12-10-13(2)9-11-14(3)19-17-8-6-5-7-16(17)18/h5-8,10,14,19H,4,9,11-12H2,1-3H3/b13-10+. The van der Waals surface area contributed by atoms with E-state index in [2.05, 4.69) is 5.32 Å². The number of halogens is 1. The molecule has 0 saturated carbocycles. The predicted molar refractivity (Wildman–Crippen MR) is 82.4 cm³/mol. The second-order valence-electron chi connectivity index (χ2n) is 5.21. The maximum Gasteiger partial charge on any atom is 0.146 e.